The molecule has 2 heteroatoms. The van der Waals surface area contributed by atoms with Crippen molar-refractivity contribution in [2.45, 2.75) is 57.5 Å². The molecule has 0 aromatic rings. The lowest BCUT2D eigenvalue weighted by molar-refractivity contribution is 0.0869. The van der Waals surface area contributed by atoms with Gasteiger partial charge in [-0.05, 0) is 25.8 Å². The minimum atomic E-state index is 0.814. The molecule has 0 spiro atoms. The summed E-state index contributed by atoms with van der Waals surface area (Å²) in [7, 11) is 0. The van der Waals surface area contributed by atoms with Crippen molar-refractivity contribution in [2.75, 3.05) is 19.6 Å². The molecule has 2 rings (SSSR count). The first-order valence-corrected chi connectivity index (χ1v) is 6.39. The van der Waals surface area contributed by atoms with Gasteiger partial charge in [-0.25, -0.2) is 0 Å². The fourth-order valence-electron chi connectivity index (χ4n) is 2.98. The summed E-state index contributed by atoms with van der Waals surface area (Å²) in [6.07, 6.45) is 8.44. The average Bonchev–Trinajstić information content (AvgIpc) is 2.26. The topological polar surface area (TPSA) is 15.3 Å². The minimum Gasteiger partial charge on any atom is -0.311 e. The van der Waals surface area contributed by atoms with E-state index in [1.165, 1.54) is 58.2 Å². The van der Waals surface area contributed by atoms with Crippen LogP contribution in [0.2, 0.25) is 0 Å². The number of piperazine rings is 1. The number of hydrogen-bond acceptors (Lipinski definition) is 2. The molecule has 0 amide bonds. The van der Waals surface area contributed by atoms with Crippen molar-refractivity contribution in [3.05, 3.63) is 0 Å². The molecule has 0 bridgehead atoms. The molecular weight excluding hydrogens is 172 g/mol. The van der Waals surface area contributed by atoms with Gasteiger partial charge < -0.3 is 5.32 Å². The number of nitrogens with zero attached hydrogens (tertiary/aromatic N) is 1. The molecule has 82 valence electrons. The first-order chi connectivity index (χ1) is 6.92. The summed E-state index contributed by atoms with van der Waals surface area (Å²) >= 11 is 0. The number of unbranched alkanes of at least 4 members (excludes halogenated alkanes) is 1. The van der Waals surface area contributed by atoms with Gasteiger partial charge in [0.1, 0.15) is 0 Å². The van der Waals surface area contributed by atoms with E-state index in [9.17, 15) is 0 Å². The molecule has 1 saturated heterocycles. The summed E-state index contributed by atoms with van der Waals surface area (Å²) in [5.41, 5.74) is 0. The van der Waals surface area contributed by atoms with Gasteiger partial charge in [0.05, 0.1) is 0 Å². The molecule has 1 aliphatic carbocycles. The van der Waals surface area contributed by atoms with Crippen molar-refractivity contribution >= 4 is 0 Å². The fraction of sp³-hybridized carbons (Fsp3) is 1.00. The first kappa shape index (κ1) is 10.4. The summed E-state index contributed by atoms with van der Waals surface area (Å²) < 4.78 is 0. The Hall–Kier alpha value is -0.0800. The second-order valence-electron chi connectivity index (χ2n) is 4.80. The van der Waals surface area contributed by atoms with Crippen LogP contribution in [-0.2, 0) is 0 Å². The van der Waals surface area contributed by atoms with Crippen LogP contribution in [0.5, 0.6) is 0 Å². The Morgan fingerprint density at radius 1 is 1.29 bits per heavy atom. The standard InChI is InChI=1S/C12H24N2/c1-2-3-9-14-10-8-13-11-6-4-5-7-12(11)14/h11-13H,2-10H2,1H3/t11-,12-/m0/s1. The summed E-state index contributed by atoms with van der Waals surface area (Å²) in [5, 5.41) is 3.69. The maximum atomic E-state index is 3.69. The molecule has 0 unspecified atom stereocenters. The molecule has 2 fully saturated rings. The van der Waals surface area contributed by atoms with Crippen molar-refractivity contribution in [1.29, 1.82) is 0 Å². The van der Waals surface area contributed by atoms with Crippen LogP contribution in [0.4, 0.5) is 0 Å². The second kappa shape index (κ2) is 5.13. The van der Waals surface area contributed by atoms with Gasteiger partial charge in [0.25, 0.3) is 0 Å². The fourth-order valence-corrected chi connectivity index (χ4v) is 2.98. The Morgan fingerprint density at radius 3 is 3.00 bits per heavy atom. The van der Waals surface area contributed by atoms with Gasteiger partial charge in [0, 0.05) is 25.2 Å². The third-order valence-corrected chi connectivity index (χ3v) is 3.80. The van der Waals surface area contributed by atoms with Crippen molar-refractivity contribution in [3.8, 4) is 0 Å². The van der Waals surface area contributed by atoms with E-state index in [0.717, 1.165) is 12.1 Å². The molecule has 2 aliphatic rings. The highest BCUT2D eigenvalue weighted by Crippen LogP contribution is 2.25. The molecule has 2 nitrogen and oxygen atoms in total. The van der Waals surface area contributed by atoms with E-state index >= 15 is 0 Å². The second-order valence-corrected chi connectivity index (χ2v) is 4.80. The largest absolute Gasteiger partial charge is 0.311 e. The Labute approximate surface area is 88.1 Å². The highest BCUT2D eigenvalue weighted by Gasteiger charge is 2.32. The zero-order valence-electron chi connectivity index (χ0n) is 9.47. The third kappa shape index (κ3) is 2.29. The minimum absolute atomic E-state index is 0.814. The molecule has 0 radical (unpaired) electrons. The third-order valence-electron chi connectivity index (χ3n) is 3.80. The average molecular weight is 196 g/mol. The Kier molecular flexibility index (Phi) is 3.82. The Balaban J connectivity index is 1.88. The molecule has 14 heavy (non-hydrogen) atoms. The smallest absolute Gasteiger partial charge is 0.0249 e. The van der Waals surface area contributed by atoms with Gasteiger partial charge in [-0.3, -0.25) is 4.90 Å². The van der Waals surface area contributed by atoms with E-state index in [1.807, 2.05) is 0 Å². The lowest BCUT2D eigenvalue weighted by Crippen LogP contribution is -2.59. The molecule has 2 atom stereocenters. The van der Waals surface area contributed by atoms with E-state index in [1.54, 1.807) is 0 Å². The van der Waals surface area contributed by atoms with Crippen molar-refractivity contribution in [1.82, 2.24) is 10.2 Å². The lowest BCUT2D eigenvalue weighted by atomic mass is 9.87. The number of rotatable bonds is 3. The maximum absolute atomic E-state index is 3.69. The summed E-state index contributed by atoms with van der Waals surface area (Å²) in [6.45, 7) is 6.12. The van der Waals surface area contributed by atoms with Gasteiger partial charge in [-0.15, -0.1) is 0 Å². The monoisotopic (exact) mass is 196 g/mol. The van der Waals surface area contributed by atoms with Gasteiger partial charge in [-0.1, -0.05) is 26.2 Å². The van der Waals surface area contributed by atoms with Gasteiger partial charge >= 0.3 is 0 Å². The van der Waals surface area contributed by atoms with Crippen LogP contribution in [-0.4, -0.2) is 36.6 Å². The van der Waals surface area contributed by atoms with Gasteiger partial charge in [-0.2, -0.15) is 0 Å². The normalized spacial score (nSPS) is 34.1. The zero-order chi connectivity index (χ0) is 9.80. The molecule has 1 aliphatic heterocycles. The summed E-state index contributed by atoms with van der Waals surface area (Å²) in [4.78, 5) is 2.74. The van der Waals surface area contributed by atoms with E-state index in [2.05, 4.69) is 17.1 Å². The predicted molar refractivity (Wildman–Crippen MR) is 60.5 cm³/mol. The van der Waals surface area contributed by atoms with E-state index < -0.39 is 0 Å². The van der Waals surface area contributed by atoms with E-state index in [4.69, 9.17) is 0 Å². The summed E-state index contributed by atoms with van der Waals surface area (Å²) in [6, 6.07) is 1.68. The molecular formula is C12H24N2. The number of hydrogen-bond donors (Lipinski definition) is 1. The maximum Gasteiger partial charge on any atom is 0.0249 e. The Morgan fingerprint density at radius 2 is 2.14 bits per heavy atom. The van der Waals surface area contributed by atoms with Gasteiger partial charge in [0.2, 0.25) is 0 Å². The molecule has 1 saturated carbocycles. The van der Waals surface area contributed by atoms with Crippen molar-refractivity contribution < 1.29 is 0 Å². The number of nitrogens with one attached hydrogen (secondary N) is 1. The van der Waals surface area contributed by atoms with Crippen LogP contribution in [0.1, 0.15) is 45.4 Å². The van der Waals surface area contributed by atoms with Crippen LogP contribution in [0.15, 0.2) is 0 Å². The van der Waals surface area contributed by atoms with Crippen LogP contribution >= 0.6 is 0 Å². The first-order valence-electron chi connectivity index (χ1n) is 6.39. The SMILES string of the molecule is CCCCN1CCN[C@H]2CCCC[C@@H]21. The van der Waals surface area contributed by atoms with E-state index in [-0.39, 0.29) is 0 Å². The zero-order valence-corrected chi connectivity index (χ0v) is 9.47. The van der Waals surface area contributed by atoms with Crippen molar-refractivity contribution in [2.24, 2.45) is 0 Å². The van der Waals surface area contributed by atoms with E-state index in [0.29, 0.717) is 0 Å². The number of fused-ring (bicyclic) bond motifs is 1. The quantitative estimate of drug-likeness (QED) is 0.743. The molecule has 0 aromatic heterocycles. The molecule has 0 aromatic carbocycles. The van der Waals surface area contributed by atoms with Crippen LogP contribution in [0, 0.1) is 0 Å². The van der Waals surface area contributed by atoms with Crippen molar-refractivity contribution in [3.63, 3.8) is 0 Å². The highest BCUT2D eigenvalue weighted by atomic mass is 15.2. The molecule has 1 heterocycles. The van der Waals surface area contributed by atoms with Crippen LogP contribution < -0.4 is 5.32 Å². The Bertz CT molecular complexity index is 168. The lowest BCUT2D eigenvalue weighted by Gasteiger charge is -2.44. The summed E-state index contributed by atoms with van der Waals surface area (Å²) in [5.74, 6) is 0. The van der Waals surface area contributed by atoms with Crippen LogP contribution in [0.3, 0.4) is 0 Å². The highest BCUT2D eigenvalue weighted by molar-refractivity contribution is 4.91. The van der Waals surface area contributed by atoms with Gasteiger partial charge in [0.15, 0.2) is 0 Å². The predicted octanol–water partition coefficient (Wildman–Crippen LogP) is 2.00. The van der Waals surface area contributed by atoms with Crippen LogP contribution in [0.25, 0.3) is 0 Å². The molecule has 1 N–H and O–H groups in total.